The van der Waals surface area contributed by atoms with E-state index in [9.17, 15) is 27.6 Å². The number of urea groups is 1. The van der Waals surface area contributed by atoms with Crippen LogP contribution in [0.4, 0.5) is 27.8 Å². The number of likely N-dealkylation sites (tertiary alicyclic amines) is 1. The molecule has 1 saturated heterocycles. The van der Waals surface area contributed by atoms with Crippen molar-refractivity contribution in [2.75, 3.05) is 44.6 Å². The fraction of sp³-hybridized carbons (Fsp3) is 0.533. The van der Waals surface area contributed by atoms with E-state index in [1.807, 2.05) is 45.0 Å². The van der Waals surface area contributed by atoms with Crippen molar-refractivity contribution >= 4 is 40.3 Å². The number of thiophene rings is 1. The molecule has 0 radical (unpaired) electrons. The lowest BCUT2D eigenvalue weighted by Gasteiger charge is -2.34. The highest BCUT2D eigenvalue weighted by molar-refractivity contribution is 7.20. The summed E-state index contributed by atoms with van der Waals surface area (Å²) in [4.78, 5) is 51.1. The summed E-state index contributed by atoms with van der Waals surface area (Å²) >= 11 is 1.27. The van der Waals surface area contributed by atoms with Gasteiger partial charge in [-0.25, -0.2) is 14.4 Å². The molecule has 0 aliphatic carbocycles. The van der Waals surface area contributed by atoms with Crippen molar-refractivity contribution in [3.63, 3.8) is 0 Å². The standard InChI is InChI=1S/C28H41N5O5S.C2HF3O2/c1-6-32(7-2)14-15-37-21-12-8-10-19(16-21)23-17-22(25(39-23)31-26(29)35)24(34)30-20-11-9-13-33(18-20)27(36)38-28(3,4)5;3-2(4,5)1(6)7/h8,10,12,16-17,20H,6-7,9,11,13-15,18H2,1-5H3,(H,30,34)(H3,29,31,35);(H,6,7). The molecule has 2 heterocycles. The number of carboxylic acid groups (broad SMARTS) is 1. The number of aliphatic carboxylic acids is 1. The zero-order valence-corrected chi connectivity index (χ0v) is 27.3. The third-order valence-electron chi connectivity index (χ3n) is 6.55. The van der Waals surface area contributed by atoms with Gasteiger partial charge in [-0.1, -0.05) is 26.0 Å². The molecule has 46 heavy (non-hydrogen) atoms. The Balaban J connectivity index is 0.000000942. The molecule has 5 N–H and O–H groups in total. The van der Waals surface area contributed by atoms with Crippen molar-refractivity contribution in [1.29, 1.82) is 0 Å². The number of hydrogen-bond donors (Lipinski definition) is 4. The number of nitrogens with zero attached hydrogens (tertiary/aromatic N) is 2. The predicted octanol–water partition coefficient (Wildman–Crippen LogP) is 5.39. The number of piperidine rings is 1. The van der Waals surface area contributed by atoms with Gasteiger partial charge in [-0.2, -0.15) is 13.2 Å². The molecule has 2 aromatic rings. The Morgan fingerprint density at radius 1 is 1.13 bits per heavy atom. The first-order valence-electron chi connectivity index (χ1n) is 14.7. The highest BCUT2D eigenvalue weighted by Crippen LogP contribution is 2.37. The van der Waals surface area contributed by atoms with E-state index in [1.54, 1.807) is 11.0 Å². The summed E-state index contributed by atoms with van der Waals surface area (Å²) in [5.41, 5.74) is 5.98. The molecule has 4 amide bonds. The monoisotopic (exact) mass is 673 g/mol. The Bertz CT molecular complexity index is 1340. The maximum Gasteiger partial charge on any atom is 0.490 e. The van der Waals surface area contributed by atoms with Crippen LogP contribution in [0.5, 0.6) is 5.75 Å². The van der Waals surface area contributed by atoms with E-state index in [2.05, 4.69) is 29.4 Å². The highest BCUT2D eigenvalue weighted by atomic mass is 32.1. The third-order valence-corrected chi connectivity index (χ3v) is 7.65. The first-order chi connectivity index (χ1) is 21.4. The summed E-state index contributed by atoms with van der Waals surface area (Å²) in [5, 5.41) is 13.1. The second-order valence-electron chi connectivity index (χ2n) is 11.3. The largest absolute Gasteiger partial charge is 0.492 e. The second-order valence-corrected chi connectivity index (χ2v) is 12.3. The van der Waals surface area contributed by atoms with Gasteiger partial charge >= 0.3 is 24.3 Å². The fourth-order valence-corrected chi connectivity index (χ4v) is 5.38. The third kappa shape index (κ3) is 12.7. The number of rotatable bonds is 10. The van der Waals surface area contributed by atoms with E-state index in [0.717, 1.165) is 48.7 Å². The van der Waals surface area contributed by atoms with Gasteiger partial charge in [0.2, 0.25) is 0 Å². The number of anilines is 1. The molecule has 256 valence electrons. The fourth-order valence-electron chi connectivity index (χ4n) is 4.33. The molecule has 0 saturated carbocycles. The Kier molecular flexibility index (Phi) is 14.1. The number of likely N-dealkylation sites (N-methyl/N-ethyl adjacent to an activating group) is 1. The molecule has 3 rings (SSSR count). The molecule has 16 heteroatoms. The molecule has 1 aliphatic rings. The van der Waals surface area contributed by atoms with Crippen molar-refractivity contribution in [1.82, 2.24) is 15.1 Å². The second kappa shape index (κ2) is 17.0. The van der Waals surface area contributed by atoms with Crippen LogP contribution >= 0.6 is 11.3 Å². The van der Waals surface area contributed by atoms with E-state index in [-0.39, 0.29) is 11.9 Å². The minimum absolute atomic E-state index is 0.244. The molecule has 1 unspecified atom stereocenters. The molecule has 0 bridgehead atoms. The smallest absolute Gasteiger partial charge is 0.490 e. The zero-order chi connectivity index (χ0) is 34.7. The van der Waals surface area contributed by atoms with Crippen LogP contribution in [0.2, 0.25) is 0 Å². The van der Waals surface area contributed by atoms with Gasteiger partial charge < -0.3 is 35.4 Å². The minimum atomic E-state index is -5.08. The number of carboxylic acids is 1. The van der Waals surface area contributed by atoms with Gasteiger partial charge in [-0.3, -0.25) is 10.1 Å². The van der Waals surface area contributed by atoms with Crippen molar-refractivity contribution < 1.29 is 46.9 Å². The van der Waals surface area contributed by atoms with Crippen LogP contribution in [-0.2, 0) is 9.53 Å². The maximum absolute atomic E-state index is 13.3. The summed E-state index contributed by atoms with van der Waals surface area (Å²) < 4.78 is 43.2. The predicted molar refractivity (Wildman–Crippen MR) is 168 cm³/mol. The lowest BCUT2D eigenvalue weighted by atomic mass is 10.1. The van der Waals surface area contributed by atoms with Gasteiger partial charge in [-0.15, -0.1) is 11.3 Å². The number of ether oxygens (including phenoxy) is 2. The summed E-state index contributed by atoms with van der Waals surface area (Å²) in [5.74, 6) is -2.37. The SMILES string of the molecule is CCN(CC)CCOc1cccc(-c2cc(C(=O)NC3CCCN(C(=O)OC(C)(C)C)C3)c(NC(N)=O)s2)c1.O=C(O)C(F)(F)F. The summed E-state index contributed by atoms with van der Waals surface area (Å²) in [6, 6.07) is 8.40. The highest BCUT2D eigenvalue weighted by Gasteiger charge is 2.38. The van der Waals surface area contributed by atoms with Gasteiger partial charge in [-0.05, 0) is 70.5 Å². The Morgan fingerprint density at radius 3 is 2.35 bits per heavy atom. The Morgan fingerprint density at radius 2 is 1.78 bits per heavy atom. The van der Waals surface area contributed by atoms with E-state index >= 15 is 0 Å². The van der Waals surface area contributed by atoms with Crippen LogP contribution in [0.15, 0.2) is 30.3 Å². The average Bonchev–Trinajstić information content (AvgIpc) is 3.38. The maximum atomic E-state index is 13.3. The molecule has 1 fully saturated rings. The van der Waals surface area contributed by atoms with Crippen molar-refractivity contribution in [2.45, 2.75) is 65.3 Å². The van der Waals surface area contributed by atoms with E-state index in [1.165, 1.54) is 11.3 Å². The van der Waals surface area contributed by atoms with Crippen molar-refractivity contribution in [2.24, 2.45) is 5.73 Å². The molecule has 0 spiro atoms. The molecule has 12 nitrogen and oxygen atoms in total. The molecular formula is C30H42F3N5O7S. The number of halogens is 3. The number of hydrogen-bond acceptors (Lipinski definition) is 8. The van der Waals surface area contributed by atoms with Gasteiger partial charge in [0.05, 0.1) is 5.56 Å². The molecule has 1 aromatic carbocycles. The van der Waals surface area contributed by atoms with Crippen LogP contribution in [0.1, 0.15) is 57.8 Å². The zero-order valence-electron chi connectivity index (χ0n) is 26.5. The van der Waals surface area contributed by atoms with E-state index in [0.29, 0.717) is 30.3 Å². The summed E-state index contributed by atoms with van der Waals surface area (Å²) in [6.07, 6.45) is -4.01. The van der Waals surface area contributed by atoms with Crippen LogP contribution in [0.3, 0.4) is 0 Å². The van der Waals surface area contributed by atoms with Crippen LogP contribution in [0, 0.1) is 0 Å². The first kappa shape index (κ1) is 38.1. The first-order valence-corrected chi connectivity index (χ1v) is 15.5. The summed E-state index contributed by atoms with van der Waals surface area (Å²) in [6.45, 7) is 14.0. The van der Waals surface area contributed by atoms with E-state index in [4.69, 9.17) is 25.1 Å². The number of alkyl halides is 3. The van der Waals surface area contributed by atoms with Crippen molar-refractivity contribution in [3.05, 3.63) is 35.9 Å². The van der Waals surface area contributed by atoms with Crippen molar-refractivity contribution in [3.8, 4) is 16.2 Å². The average molecular weight is 674 g/mol. The minimum Gasteiger partial charge on any atom is -0.492 e. The number of carbonyl (C=O) groups excluding carboxylic acids is 3. The lowest BCUT2D eigenvalue weighted by Crippen LogP contribution is -2.50. The number of nitrogens with two attached hydrogens (primary N) is 1. The van der Waals surface area contributed by atoms with Gasteiger partial charge in [0.25, 0.3) is 5.91 Å². The van der Waals surface area contributed by atoms with Crippen LogP contribution in [-0.4, -0.2) is 96.1 Å². The topological polar surface area (TPSA) is 164 Å². The Labute approximate surface area is 270 Å². The van der Waals surface area contributed by atoms with Gasteiger partial charge in [0.1, 0.15) is 23.0 Å². The van der Waals surface area contributed by atoms with Gasteiger partial charge in [0, 0.05) is 30.6 Å². The molecule has 1 aromatic heterocycles. The van der Waals surface area contributed by atoms with E-state index < -0.39 is 29.9 Å². The number of nitrogens with one attached hydrogen (secondary N) is 2. The number of benzene rings is 1. The Hall–Kier alpha value is -4.05. The molecule has 1 atom stereocenters. The normalized spacial score (nSPS) is 15.0. The molecular weight excluding hydrogens is 631 g/mol. The van der Waals surface area contributed by atoms with Gasteiger partial charge in [0.15, 0.2) is 0 Å². The number of carbonyl (C=O) groups is 4. The number of primary amides is 1. The summed E-state index contributed by atoms with van der Waals surface area (Å²) in [7, 11) is 0. The lowest BCUT2D eigenvalue weighted by molar-refractivity contribution is -0.192. The quantitative estimate of drug-likeness (QED) is 0.261. The van der Waals surface area contributed by atoms with Crippen LogP contribution in [0.25, 0.3) is 10.4 Å². The van der Waals surface area contributed by atoms with Crippen LogP contribution < -0.4 is 21.1 Å². The molecule has 1 aliphatic heterocycles. The number of amides is 4.